The summed E-state index contributed by atoms with van der Waals surface area (Å²) in [5.74, 6) is -2.64. The average molecular weight is 241 g/mol. The van der Waals surface area contributed by atoms with E-state index < -0.39 is 22.2 Å². The van der Waals surface area contributed by atoms with Gasteiger partial charge in [-0.2, -0.15) is 0 Å². The predicted octanol–water partition coefficient (Wildman–Crippen LogP) is 2.11. The monoisotopic (exact) mass is 241 g/mol. The molecule has 88 valence electrons. The quantitative estimate of drug-likeness (QED) is 0.641. The number of nitrogen functional groups attached to an aromatic ring is 1. The van der Waals surface area contributed by atoms with E-state index in [-0.39, 0.29) is 17.3 Å². The third kappa shape index (κ3) is 1.92. The van der Waals surface area contributed by atoms with Gasteiger partial charge in [0, 0.05) is 0 Å². The number of nitro groups is 1. The summed E-state index contributed by atoms with van der Waals surface area (Å²) in [7, 11) is 0. The van der Waals surface area contributed by atoms with E-state index in [0.29, 0.717) is 12.1 Å². The Balaban J connectivity index is 2.67. The number of nitrogens with two attached hydrogens (primary N) is 1. The van der Waals surface area contributed by atoms with Gasteiger partial charge in [0.05, 0.1) is 22.7 Å². The SMILES string of the molecule is Nc1ncc(-c2cc(F)c(F)cc2[N+](=O)[O-])o1. The molecule has 0 amide bonds. The zero-order chi connectivity index (χ0) is 12.6. The van der Waals surface area contributed by atoms with Gasteiger partial charge in [-0.3, -0.25) is 10.1 Å². The molecule has 1 heterocycles. The van der Waals surface area contributed by atoms with E-state index >= 15 is 0 Å². The predicted molar refractivity (Wildman–Crippen MR) is 52.9 cm³/mol. The molecule has 0 radical (unpaired) electrons. The third-order valence-corrected chi connectivity index (χ3v) is 2.02. The van der Waals surface area contributed by atoms with E-state index in [1.165, 1.54) is 0 Å². The van der Waals surface area contributed by atoms with Gasteiger partial charge >= 0.3 is 0 Å². The number of halogens is 2. The van der Waals surface area contributed by atoms with Crippen LogP contribution in [0.3, 0.4) is 0 Å². The second-order valence-corrected chi connectivity index (χ2v) is 3.10. The van der Waals surface area contributed by atoms with E-state index in [1.807, 2.05) is 0 Å². The summed E-state index contributed by atoms with van der Waals surface area (Å²) in [6.45, 7) is 0. The molecule has 1 aromatic carbocycles. The second-order valence-electron chi connectivity index (χ2n) is 3.10. The first-order valence-corrected chi connectivity index (χ1v) is 4.34. The minimum atomic E-state index is -1.31. The Hall–Kier alpha value is -2.51. The number of nitrogens with zero attached hydrogens (tertiary/aromatic N) is 2. The highest BCUT2D eigenvalue weighted by Crippen LogP contribution is 2.32. The second kappa shape index (κ2) is 3.81. The summed E-state index contributed by atoms with van der Waals surface area (Å²) in [5.41, 5.74) is 4.35. The average Bonchev–Trinajstić information content (AvgIpc) is 2.68. The number of benzene rings is 1. The van der Waals surface area contributed by atoms with Gasteiger partial charge in [-0.15, -0.1) is 0 Å². The molecule has 0 saturated heterocycles. The van der Waals surface area contributed by atoms with Gasteiger partial charge < -0.3 is 10.2 Å². The first-order chi connectivity index (χ1) is 7.99. The molecule has 0 fully saturated rings. The van der Waals surface area contributed by atoms with Crippen molar-refractivity contribution in [2.75, 3.05) is 5.73 Å². The summed E-state index contributed by atoms with van der Waals surface area (Å²) in [6, 6.07) is 0.913. The molecule has 1 aromatic heterocycles. The Morgan fingerprint density at radius 1 is 1.35 bits per heavy atom. The van der Waals surface area contributed by atoms with E-state index in [9.17, 15) is 18.9 Å². The van der Waals surface area contributed by atoms with Crippen LogP contribution in [0.5, 0.6) is 0 Å². The van der Waals surface area contributed by atoms with Gasteiger partial charge in [-0.25, -0.2) is 13.8 Å². The topological polar surface area (TPSA) is 95.2 Å². The molecule has 0 saturated carbocycles. The van der Waals surface area contributed by atoms with Crippen LogP contribution in [0.15, 0.2) is 22.7 Å². The molecule has 2 N–H and O–H groups in total. The van der Waals surface area contributed by atoms with E-state index in [2.05, 4.69) is 4.98 Å². The molecule has 6 nitrogen and oxygen atoms in total. The van der Waals surface area contributed by atoms with Gasteiger partial charge in [0.2, 0.25) is 0 Å². The number of rotatable bonds is 2. The molecule has 0 aliphatic carbocycles. The Morgan fingerprint density at radius 3 is 2.53 bits per heavy atom. The Morgan fingerprint density at radius 2 is 2.00 bits per heavy atom. The molecular formula is C9H5F2N3O3. The molecule has 2 rings (SSSR count). The van der Waals surface area contributed by atoms with Crippen molar-refractivity contribution in [3.63, 3.8) is 0 Å². The van der Waals surface area contributed by atoms with Gasteiger partial charge in [0.1, 0.15) is 0 Å². The first kappa shape index (κ1) is 11.0. The van der Waals surface area contributed by atoms with Gasteiger partial charge in [0.25, 0.3) is 11.7 Å². The van der Waals surface area contributed by atoms with Crippen LogP contribution in [0.25, 0.3) is 11.3 Å². The number of anilines is 1. The van der Waals surface area contributed by atoms with Crippen LogP contribution in [0.1, 0.15) is 0 Å². The minimum Gasteiger partial charge on any atom is -0.423 e. The maximum Gasteiger partial charge on any atom is 0.292 e. The van der Waals surface area contributed by atoms with Crippen LogP contribution < -0.4 is 5.73 Å². The summed E-state index contributed by atoms with van der Waals surface area (Å²) >= 11 is 0. The molecule has 0 aliphatic rings. The molecule has 2 aromatic rings. The fourth-order valence-corrected chi connectivity index (χ4v) is 1.30. The molecular weight excluding hydrogens is 236 g/mol. The molecule has 8 heteroatoms. The number of hydrogen-bond donors (Lipinski definition) is 1. The van der Waals surface area contributed by atoms with Gasteiger partial charge in [0.15, 0.2) is 17.4 Å². The smallest absolute Gasteiger partial charge is 0.292 e. The first-order valence-electron chi connectivity index (χ1n) is 4.34. The fourth-order valence-electron chi connectivity index (χ4n) is 1.30. The lowest BCUT2D eigenvalue weighted by atomic mass is 10.1. The zero-order valence-corrected chi connectivity index (χ0v) is 8.18. The van der Waals surface area contributed by atoms with E-state index in [0.717, 1.165) is 6.20 Å². The Bertz CT molecular complexity index is 597. The Labute approximate surface area is 92.8 Å². The normalized spacial score (nSPS) is 10.5. The van der Waals surface area contributed by atoms with Crippen molar-refractivity contribution in [1.29, 1.82) is 0 Å². The molecule has 0 unspecified atom stereocenters. The van der Waals surface area contributed by atoms with Gasteiger partial charge in [-0.1, -0.05) is 0 Å². The summed E-state index contributed by atoms with van der Waals surface area (Å²) in [5, 5.41) is 10.7. The maximum atomic E-state index is 13.0. The Kier molecular flexibility index (Phi) is 2.47. The molecule has 0 aliphatic heterocycles. The standard InChI is InChI=1S/C9H5F2N3O3/c10-5-1-4(8-3-13-9(12)17-8)7(14(15)16)2-6(5)11/h1-3H,(H2,12,13). The van der Waals surface area contributed by atoms with Crippen LogP contribution in [0.2, 0.25) is 0 Å². The largest absolute Gasteiger partial charge is 0.423 e. The fraction of sp³-hybridized carbons (Fsp3) is 0. The van der Waals surface area contributed by atoms with Crippen molar-refractivity contribution >= 4 is 11.7 Å². The van der Waals surface area contributed by atoms with Crippen molar-refractivity contribution in [1.82, 2.24) is 4.98 Å². The van der Waals surface area contributed by atoms with Gasteiger partial charge in [-0.05, 0) is 6.07 Å². The van der Waals surface area contributed by atoms with Crippen molar-refractivity contribution in [2.45, 2.75) is 0 Å². The van der Waals surface area contributed by atoms with Crippen molar-refractivity contribution < 1.29 is 18.1 Å². The number of aromatic nitrogens is 1. The number of nitro benzene ring substituents is 1. The lowest BCUT2D eigenvalue weighted by Gasteiger charge is -2.00. The van der Waals surface area contributed by atoms with Crippen LogP contribution >= 0.6 is 0 Å². The summed E-state index contributed by atoms with van der Waals surface area (Å²) < 4.78 is 30.7. The summed E-state index contributed by atoms with van der Waals surface area (Å²) in [4.78, 5) is 13.4. The van der Waals surface area contributed by atoms with Crippen LogP contribution in [0.4, 0.5) is 20.5 Å². The molecule has 0 bridgehead atoms. The summed E-state index contributed by atoms with van der Waals surface area (Å²) in [6.07, 6.45) is 1.09. The molecule has 0 spiro atoms. The third-order valence-electron chi connectivity index (χ3n) is 2.02. The van der Waals surface area contributed by atoms with Crippen molar-refractivity contribution in [3.8, 4) is 11.3 Å². The lowest BCUT2D eigenvalue weighted by molar-refractivity contribution is -0.384. The van der Waals surface area contributed by atoms with Crippen molar-refractivity contribution in [3.05, 3.63) is 40.1 Å². The highest BCUT2D eigenvalue weighted by molar-refractivity contribution is 5.69. The highest BCUT2D eigenvalue weighted by Gasteiger charge is 2.22. The minimum absolute atomic E-state index is 0.104. The van der Waals surface area contributed by atoms with Crippen LogP contribution in [-0.4, -0.2) is 9.91 Å². The maximum absolute atomic E-state index is 13.0. The lowest BCUT2D eigenvalue weighted by Crippen LogP contribution is -1.95. The van der Waals surface area contributed by atoms with E-state index in [4.69, 9.17) is 10.2 Å². The molecule has 17 heavy (non-hydrogen) atoms. The zero-order valence-electron chi connectivity index (χ0n) is 8.18. The van der Waals surface area contributed by atoms with E-state index in [1.54, 1.807) is 0 Å². The number of hydrogen-bond acceptors (Lipinski definition) is 5. The van der Waals surface area contributed by atoms with Crippen molar-refractivity contribution in [2.24, 2.45) is 0 Å². The van der Waals surface area contributed by atoms with Crippen LogP contribution in [0, 0.1) is 21.7 Å². The van der Waals surface area contributed by atoms with Crippen LogP contribution in [-0.2, 0) is 0 Å². The number of oxazole rings is 1. The molecule has 0 atom stereocenters. The highest BCUT2D eigenvalue weighted by atomic mass is 19.2.